The molecule has 2 aromatic rings. The van der Waals surface area contributed by atoms with Gasteiger partial charge in [0.25, 0.3) is 0 Å². The molecule has 0 aliphatic carbocycles. The van der Waals surface area contributed by atoms with E-state index in [4.69, 9.17) is 27.9 Å². The molecule has 19 heavy (non-hydrogen) atoms. The number of hydrogen-bond acceptors (Lipinski definition) is 2. The van der Waals surface area contributed by atoms with Crippen LogP contribution in [0.3, 0.4) is 0 Å². The third-order valence-electron chi connectivity index (χ3n) is 2.09. The summed E-state index contributed by atoms with van der Waals surface area (Å²) in [6.07, 6.45) is 0. The van der Waals surface area contributed by atoms with Gasteiger partial charge in [0.2, 0.25) is 0 Å². The van der Waals surface area contributed by atoms with Gasteiger partial charge in [0, 0.05) is 10.0 Å². The SMILES string of the molecule is CCOC(=O)c1ccccc1.Clc1ccc(Cl)cc1. The third-order valence-corrected chi connectivity index (χ3v) is 2.59. The first-order chi connectivity index (χ1) is 9.13. The molecule has 100 valence electrons. The number of carbonyl (C=O) groups is 1. The Morgan fingerprint density at radius 1 is 0.947 bits per heavy atom. The summed E-state index contributed by atoms with van der Waals surface area (Å²) in [4.78, 5) is 11.0. The molecule has 4 heteroatoms. The van der Waals surface area contributed by atoms with Crippen LogP contribution in [0.15, 0.2) is 54.6 Å². The summed E-state index contributed by atoms with van der Waals surface area (Å²) >= 11 is 11.1. The maximum absolute atomic E-state index is 11.0. The Bertz CT molecular complexity index is 474. The van der Waals surface area contributed by atoms with Gasteiger partial charge >= 0.3 is 5.97 Å². The van der Waals surface area contributed by atoms with E-state index in [-0.39, 0.29) is 5.97 Å². The molecule has 0 fully saturated rings. The molecule has 0 aliphatic heterocycles. The monoisotopic (exact) mass is 296 g/mol. The van der Waals surface area contributed by atoms with Crippen LogP contribution in [0.2, 0.25) is 10.0 Å². The molecular formula is C15H14Cl2O2. The van der Waals surface area contributed by atoms with E-state index in [2.05, 4.69) is 0 Å². The molecule has 0 unspecified atom stereocenters. The van der Waals surface area contributed by atoms with Crippen LogP contribution in [0.25, 0.3) is 0 Å². The van der Waals surface area contributed by atoms with E-state index >= 15 is 0 Å². The van der Waals surface area contributed by atoms with Crippen LogP contribution in [-0.2, 0) is 4.74 Å². The molecule has 0 saturated heterocycles. The van der Waals surface area contributed by atoms with Crippen molar-refractivity contribution in [3.05, 3.63) is 70.2 Å². The second-order valence-electron chi connectivity index (χ2n) is 3.52. The Morgan fingerprint density at radius 3 is 1.84 bits per heavy atom. The topological polar surface area (TPSA) is 26.3 Å². The number of hydrogen-bond donors (Lipinski definition) is 0. The summed E-state index contributed by atoms with van der Waals surface area (Å²) in [6.45, 7) is 2.22. The first-order valence-electron chi connectivity index (χ1n) is 5.76. The minimum Gasteiger partial charge on any atom is -0.462 e. The van der Waals surface area contributed by atoms with E-state index < -0.39 is 0 Å². The summed E-state index contributed by atoms with van der Waals surface area (Å²) in [6, 6.07) is 16.0. The molecule has 0 spiro atoms. The summed E-state index contributed by atoms with van der Waals surface area (Å²) in [5.74, 6) is -0.256. The van der Waals surface area contributed by atoms with E-state index in [1.165, 1.54) is 0 Å². The molecule has 0 atom stereocenters. The number of halogens is 2. The summed E-state index contributed by atoms with van der Waals surface area (Å²) in [5.41, 5.74) is 0.606. The summed E-state index contributed by atoms with van der Waals surface area (Å²) < 4.78 is 4.79. The lowest BCUT2D eigenvalue weighted by molar-refractivity contribution is 0.0526. The van der Waals surface area contributed by atoms with Crippen molar-refractivity contribution < 1.29 is 9.53 Å². The van der Waals surface area contributed by atoms with Crippen LogP contribution in [0.1, 0.15) is 17.3 Å². The van der Waals surface area contributed by atoms with Gasteiger partial charge in [-0.3, -0.25) is 0 Å². The minimum atomic E-state index is -0.256. The molecule has 2 nitrogen and oxygen atoms in total. The number of esters is 1. The minimum absolute atomic E-state index is 0.256. The van der Waals surface area contributed by atoms with Gasteiger partial charge in [-0.05, 0) is 43.3 Å². The van der Waals surface area contributed by atoms with Gasteiger partial charge in [-0.25, -0.2) is 4.79 Å². The smallest absolute Gasteiger partial charge is 0.338 e. The summed E-state index contributed by atoms with van der Waals surface area (Å²) in [7, 11) is 0. The first kappa shape index (κ1) is 15.5. The fourth-order valence-electron chi connectivity index (χ4n) is 1.22. The van der Waals surface area contributed by atoms with Crippen LogP contribution in [-0.4, -0.2) is 12.6 Å². The Kier molecular flexibility index (Phi) is 7.01. The third kappa shape index (κ3) is 6.27. The zero-order valence-electron chi connectivity index (χ0n) is 10.5. The van der Waals surface area contributed by atoms with Gasteiger partial charge in [-0.1, -0.05) is 41.4 Å². The predicted molar refractivity (Wildman–Crippen MR) is 78.9 cm³/mol. The van der Waals surface area contributed by atoms with E-state index in [0.29, 0.717) is 12.2 Å². The van der Waals surface area contributed by atoms with Crippen molar-refractivity contribution in [2.24, 2.45) is 0 Å². The second kappa shape index (κ2) is 8.57. The van der Waals surface area contributed by atoms with Crippen LogP contribution < -0.4 is 0 Å². The highest BCUT2D eigenvalue weighted by Gasteiger charge is 2.02. The Labute approximate surface area is 122 Å². The van der Waals surface area contributed by atoms with E-state index in [9.17, 15) is 4.79 Å². The van der Waals surface area contributed by atoms with Crippen molar-refractivity contribution in [3.63, 3.8) is 0 Å². The van der Waals surface area contributed by atoms with Crippen LogP contribution >= 0.6 is 23.2 Å². The highest BCUT2D eigenvalue weighted by atomic mass is 35.5. The predicted octanol–water partition coefficient (Wildman–Crippen LogP) is 4.86. The molecule has 2 aromatic carbocycles. The quantitative estimate of drug-likeness (QED) is 0.740. The zero-order valence-corrected chi connectivity index (χ0v) is 12.0. The second-order valence-corrected chi connectivity index (χ2v) is 4.40. The van der Waals surface area contributed by atoms with Crippen molar-refractivity contribution in [2.75, 3.05) is 6.61 Å². The Morgan fingerprint density at radius 2 is 1.42 bits per heavy atom. The maximum Gasteiger partial charge on any atom is 0.338 e. The van der Waals surface area contributed by atoms with E-state index in [1.54, 1.807) is 43.3 Å². The van der Waals surface area contributed by atoms with Crippen molar-refractivity contribution in [3.8, 4) is 0 Å². The molecule has 0 heterocycles. The van der Waals surface area contributed by atoms with Gasteiger partial charge < -0.3 is 4.74 Å². The number of ether oxygens (including phenoxy) is 1. The van der Waals surface area contributed by atoms with Crippen LogP contribution in [0, 0.1) is 0 Å². The fourth-order valence-corrected chi connectivity index (χ4v) is 1.47. The molecule has 2 rings (SSSR count). The lowest BCUT2D eigenvalue weighted by Crippen LogP contribution is -2.03. The van der Waals surface area contributed by atoms with Crippen LogP contribution in [0.4, 0.5) is 0 Å². The Balaban J connectivity index is 0.000000200. The van der Waals surface area contributed by atoms with Crippen molar-refractivity contribution in [1.29, 1.82) is 0 Å². The van der Waals surface area contributed by atoms with Gasteiger partial charge in [0.15, 0.2) is 0 Å². The Hall–Kier alpha value is -1.51. The zero-order chi connectivity index (χ0) is 14.1. The first-order valence-corrected chi connectivity index (χ1v) is 6.52. The molecule has 0 aromatic heterocycles. The highest BCUT2D eigenvalue weighted by molar-refractivity contribution is 6.32. The molecule has 0 radical (unpaired) electrons. The van der Waals surface area contributed by atoms with Crippen molar-refractivity contribution in [2.45, 2.75) is 6.92 Å². The van der Waals surface area contributed by atoms with Gasteiger partial charge in [0.05, 0.1) is 12.2 Å². The molecule has 0 saturated carbocycles. The normalized spacial score (nSPS) is 9.21. The largest absolute Gasteiger partial charge is 0.462 e. The standard InChI is InChI=1S/C9H10O2.C6H4Cl2/c1-2-11-9(10)8-6-4-3-5-7-8;7-5-1-2-6(8)4-3-5/h3-7H,2H2,1H3;1-4H. The van der Waals surface area contributed by atoms with E-state index in [1.807, 2.05) is 18.2 Å². The van der Waals surface area contributed by atoms with Crippen molar-refractivity contribution >= 4 is 29.2 Å². The fraction of sp³-hybridized carbons (Fsp3) is 0.133. The van der Waals surface area contributed by atoms with Gasteiger partial charge in [-0.2, -0.15) is 0 Å². The van der Waals surface area contributed by atoms with Crippen molar-refractivity contribution in [1.82, 2.24) is 0 Å². The number of benzene rings is 2. The van der Waals surface area contributed by atoms with Crippen LogP contribution in [0.5, 0.6) is 0 Å². The molecule has 0 N–H and O–H groups in total. The molecular weight excluding hydrogens is 283 g/mol. The number of rotatable bonds is 2. The average Bonchev–Trinajstić information content (AvgIpc) is 2.44. The highest BCUT2D eigenvalue weighted by Crippen LogP contribution is 2.12. The lowest BCUT2D eigenvalue weighted by atomic mass is 10.2. The average molecular weight is 297 g/mol. The van der Waals surface area contributed by atoms with Gasteiger partial charge in [-0.15, -0.1) is 0 Å². The van der Waals surface area contributed by atoms with E-state index in [0.717, 1.165) is 10.0 Å². The van der Waals surface area contributed by atoms with Gasteiger partial charge in [0.1, 0.15) is 0 Å². The molecule has 0 amide bonds. The molecule has 0 bridgehead atoms. The summed E-state index contributed by atoms with van der Waals surface area (Å²) in [5, 5.41) is 1.43. The molecule has 0 aliphatic rings. The number of carbonyl (C=O) groups excluding carboxylic acids is 1. The lowest BCUT2D eigenvalue weighted by Gasteiger charge is -1.99. The maximum atomic E-state index is 11.0.